The number of benzene rings is 1. The van der Waals surface area contributed by atoms with Gasteiger partial charge in [0.05, 0.1) is 49.6 Å². The monoisotopic (exact) mass is 489 g/mol. The molecule has 3 aromatic heterocycles. The molecule has 3 heterocycles. The van der Waals surface area contributed by atoms with Crippen LogP contribution in [0.5, 0.6) is 5.88 Å². The Bertz CT molecular complexity index is 1300. The molecule has 0 saturated heterocycles. The number of aromatic nitrogens is 5. The summed E-state index contributed by atoms with van der Waals surface area (Å²) in [6, 6.07) is 14.0. The van der Waals surface area contributed by atoms with Crippen LogP contribution in [-0.2, 0) is 22.5 Å². The highest BCUT2D eigenvalue weighted by Gasteiger charge is 2.23. The first kappa shape index (κ1) is 25.7. The minimum atomic E-state index is -0.138. The molecule has 0 fully saturated rings. The SMILES string of the molecule is CCc1nc2c(nc1-c1ccc(C(C)C)nc1OC)c(C)nn2C(COC)COCc1ccccc1. The Kier molecular flexibility index (Phi) is 8.28. The third-order valence-corrected chi connectivity index (χ3v) is 6.15. The van der Waals surface area contributed by atoms with E-state index in [2.05, 4.69) is 32.9 Å². The van der Waals surface area contributed by atoms with Crippen LogP contribution in [-0.4, -0.2) is 52.2 Å². The van der Waals surface area contributed by atoms with Crippen LogP contribution in [0.3, 0.4) is 0 Å². The predicted molar refractivity (Wildman–Crippen MR) is 140 cm³/mol. The number of rotatable bonds is 11. The fourth-order valence-corrected chi connectivity index (χ4v) is 4.22. The van der Waals surface area contributed by atoms with Gasteiger partial charge in [-0.1, -0.05) is 51.1 Å². The zero-order chi connectivity index (χ0) is 25.7. The first-order valence-electron chi connectivity index (χ1n) is 12.4. The van der Waals surface area contributed by atoms with E-state index < -0.39 is 0 Å². The Morgan fingerprint density at radius 1 is 0.944 bits per heavy atom. The second kappa shape index (κ2) is 11.6. The normalized spacial score (nSPS) is 12.4. The van der Waals surface area contributed by atoms with Crippen LogP contribution in [0.15, 0.2) is 42.5 Å². The van der Waals surface area contributed by atoms with Crippen LogP contribution in [0.2, 0.25) is 0 Å². The van der Waals surface area contributed by atoms with Crippen LogP contribution in [0.25, 0.3) is 22.4 Å². The third kappa shape index (κ3) is 5.39. The molecule has 0 spiro atoms. The lowest BCUT2D eigenvalue weighted by Gasteiger charge is -2.18. The van der Waals surface area contributed by atoms with E-state index in [0.717, 1.165) is 45.1 Å². The number of hydrogen-bond donors (Lipinski definition) is 0. The average Bonchev–Trinajstić information content (AvgIpc) is 3.22. The third-order valence-electron chi connectivity index (χ3n) is 6.15. The Morgan fingerprint density at radius 2 is 1.72 bits per heavy atom. The first-order chi connectivity index (χ1) is 17.5. The minimum Gasteiger partial charge on any atom is -0.480 e. The van der Waals surface area contributed by atoms with E-state index >= 15 is 0 Å². The molecule has 4 aromatic rings. The maximum Gasteiger partial charge on any atom is 0.222 e. The van der Waals surface area contributed by atoms with E-state index in [1.165, 1.54) is 0 Å². The summed E-state index contributed by atoms with van der Waals surface area (Å²) in [5, 5.41) is 4.81. The number of ether oxygens (including phenoxy) is 3. The topological polar surface area (TPSA) is 84.2 Å². The molecule has 190 valence electrons. The van der Waals surface area contributed by atoms with E-state index in [4.69, 9.17) is 34.3 Å². The van der Waals surface area contributed by atoms with Gasteiger partial charge in [0, 0.05) is 12.8 Å². The van der Waals surface area contributed by atoms with Crippen molar-refractivity contribution in [2.45, 2.75) is 52.7 Å². The smallest absolute Gasteiger partial charge is 0.222 e. The fourth-order valence-electron chi connectivity index (χ4n) is 4.22. The van der Waals surface area contributed by atoms with Gasteiger partial charge >= 0.3 is 0 Å². The van der Waals surface area contributed by atoms with Crippen molar-refractivity contribution in [3.63, 3.8) is 0 Å². The number of hydrogen-bond acceptors (Lipinski definition) is 7. The van der Waals surface area contributed by atoms with E-state index in [-0.39, 0.29) is 6.04 Å². The van der Waals surface area contributed by atoms with E-state index in [0.29, 0.717) is 38.0 Å². The second-order valence-electron chi connectivity index (χ2n) is 9.13. The highest BCUT2D eigenvalue weighted by atomic mass is 16.5. The zero-order valence-corrected chi connectivity index (χ0v) is 22.0. The lowest BCUT2D eigenvalue weighted by atomic mass is 10.1. The van der Waals surface area contributed by atoms with Gasteiger partial charge in [-0.05, 0) is 37.0 Å². The Balaban J connectivity index is 1.71. The number of nitrogens with zero attached hydrogens (tertiary/aromatic N) is 5. The van der Waals surface area contributed by atoms with Gasteiger partial charge in [0.25, 0.3) is 0 Å². The van der Waals surface area contributed by atoms with Gasteiger partial charge in [-0.25, -0.2) is 19.6 Å². The number of aryl methyl sites for hydroxylation is 2. The van der Waals surface area contributed by atoms with Crippen LogP contribution >= 0.6 is 0 Å². The van der Waals surface area contributed by atoms with Crippen LogP contribution in [0, 0.1) is 6.92 Å². The van der Waals surface area contributed by atoms with Gasteiger partial charge in [0.15, 0.2) is 5.65 Å². The molecule has 4 rings (SSSR count). The molecule has 36 heavy (non-hydrogen) atoms. The highest BCUT2D eigenvalue weighted by molar-refractivity contribution is 5.79. The quantitative estimate of drug-likeness (QED) is 0.283. The molecular weight excluding hydrogens is 454 g/mol. The van der Waals surface area contributed by atoms with Gasteiger partial charge in [-0.2, -0.15) is 5.10 Å². The van der Waals surface area contributed by atoms with Crippen molar-refractivity contribution < 1.29 is 14.2 Å². The molecule has 1 aromatic carbocycles. The second-order valence-corrected chi connectivity index (χ2v) is 9.13. The lowest BCUT2D eigenvalue weighted by Crippen LogP contribution is -2.22. The van der Waals surface area contributed by atoms with E-state index in [1.807, 2.05) is 41.9 Å². The van der Waals surface area contributed by atoms with Crippen LogP contribution < -0.4 is 4.74 Å². The van der Waals surface area contributed by atoms with Gasteiger partial charge < -0.3 is 14.2 Å². The average molecular weight is 490 g/mol. The number of methoxy groups -OCH3 is 2. The Labute approximate surface area is 212 Å². The molecule has 0 radical (unpaired) electrons. The van der Waals surface area contributed by atoms with E-state index in [9.17, 15) is 0 Å². The Morgan fingerprint density at radius 3 is 2.39 bits per heavy atom. The van der Waals surface area contributed by atoms with Crippen molar-refractivity contribution in [2.75, 3.05) is 27.4 Å². The molecule has 0 N–H and O–H groups in total. The summed E-state index contributed by atoms with van der Waals surface area (Å²) >= 11 is 0. The lowest BCUT2D eigenvalue weighted by molar-refractivity contribution is 0.0507. The van der Waals surface area contributed by atoms with Crippen LogP contribution in [0.4, 0.5) is 0 Å². The molecule has 0 amide bonds. The van der Waals surface area contributed by atoms with Crippen LogP contribution in [0.1, 0.15) is 55.4 Å². The summed E-state index contributed by atoms with van der Waals surface area (Å²) < 4.78 is 19.1. The summed E-state index contributed by atoms with van der Waals surface area (Å²) in [6.45, 7) is 9.67. The largest absolute Gasteiger partial charge is 0.480 e. The molecule has 0 aliphatic rings. The predicted octanol–water partition coefficient (Wildman–Crippen LogP) is 5.30. The van der Waals surface area contributed by atoms with Crippen molar-refractivity contribution in [3.05, 3.63) is 65.1 Å². The molecule has 8 nitrogen and oxygen atoms in total. The van der Waals surface area contributed by atoms with Gasteiger partial charge in [0.2, 0.25) is 5.88 Å². The maximum atomic E-state index is 6.04. The van der Waals surface area contributed by atoms with Gasteiger partial charge in [-0.15, -0.1) is 0 Å². The van der Waals surface area contributed by atoms with Crippen molar-refractivity contribution >= 4 is 11.2 Å². The maximum absolute atomic E-state index is 6.04. The molecule has 0 aliphatic heterocycles. The summed E-state index contributed by atoms with van der Waals surface area (Å²) in [4.78, 5) is 14.8. The molecule has 1 atom stereocenters. The molecule has 0 aliphatic carbocycles. The summed E-state index contributed by atoms with van der Waals surface area (Å²) in [6.07, 6.45) is 0.705. The first-order valence-corrected chi connectivity index (χ1v) is 12.4. The molecular formula is C28H35N5O3. The number of fused-ring (bicyclic) bond motifs is 1. The fraction of sp³-hybridized carbons (Fsp3) is 0.429. The van der Waals surface area contributed by atoms with E-state index in [1.54, 1.807) is 14.2 Å². The number of pyridine rings is 1. The molecule has 1 unspecified atom stereocenters. The highest BCUT2D eigenvalue weighted by Crippen LogP contribution is 2.33. The van der Waals surface area contributed by atoms with Crippen molar-refractivity contribution in [2.24, 2.45) is 0 Å². The molecule has 8 heteroatoms. The van der Waals surface area contributed by atoms with Crippen molar-refractivity contribution in [1.82, 2.24) is 24.7 Å². The van der Waals surface area contributed by atoms with Gasteiger partial charge in [0.1, 0.15) is 11.6 Å². The zero-order valence-electron chi connectivity index (χ0n) is 22.0. The Hall–Kier alpha value is -3.36. The molecule has 0 bridgehead atoms. The van der Waals surface area contributed by atoms with Gasteiger partial charge in [-0.3, -0.25) is 0 Å². The minimum absolute atomic E-state index is 0.138. The standard InChI is InChI=1S/C28H35N5O3/c1-7-23-26(22-13-14-24(18(2)3)30-28(22)35-6)31-25-19(4)32-33(27(25)29-23)21(16-34-5)17-36-15-20-11-9-8-10-12-20/h8-14,18,21H,7,15-17H2,1-6H3. The summed E-state index contributed by atoms with van der Waals surface area (Å²) in [7, 11) is 3.33. The molecule has 0 saturated carbocycles. The summed E-state index contributed by atoms with van der Waals surface area (Å²) in [5.74, 6) is 0.857. The van der Waals surface area contributed by atoms with Crippen molar-refractivity contribution in [1.29, 1.82) is 0 Å². The van der Waals surface area contributed by atoms with Crippen molar-refractivity contribution in [3.8, 4) is 17.1 Å². The summed E-state index contributed by atoms with van der Waals surface area (Å²) in [5.41, 5.74) is 6.85.